The maximum Gasteiger partial charge on any atom is 0.119 e. The highest BCUT2D eigenvalue weighted by Crippen LogP contribution is 2.31. The molecule has 1 N–H and O–H groups in total. The second kappa shape index (κ2) is 8.05. The minimum absolute atomic E-state index is 0.480. The molecule has 3 rings (SSSR count). The molecule has 2 heteroatoms. The van der Waals surface area contributed by atoms with Gasteiger partial charge in [0.25, 0.3) is 0 Å². The van der Waals surface area contributed by atoms with Crippen molar-refractivity contribution >= 4 is 0 Å². The maximum atomic E-state index is 10.2. The molecule has 0 spiro atoms. The molecule has 1 atom stereocenters. The third kappa shape index (κ3) is 4.24. The summed E-state index contributed by atoms with van der Waals surface area (Å²) in [7, 11) is 0. The van der Waals surface area contributed by atoms with Crippen LogP contribution < -0.4 is 0 Å². The van der Waals surface area contributed by atoms with Crippen molar-refractivity contribution in [1.29, 1.82) is 0 Å². The van der Waals surface area contributed by atoms with Crippen molar-refractivity contribution in [3.05, 3.63) is 64.2 Å². The summed E-state index contributed by atoms with van der Waals surface area (Å²) in [6, 6.07) is 13.3. The fourth-order valence-corrected chi connectivity index (χ4v) is 4.16. The minimum atomic E-state index is 0.480. The first-order valence-electron chi connectivity index (χ1n) is 9.68. The van der Waals surface area contributed by atoms with Gasteiger partial charge in [0.05, 0.1) is 0 Å². The summed E-state index contributed by atoms with van der Waals surface area (Å²) in [5.74, 6) is 0.480. The van der Waals surface area contributed by atoms with E-state index in [1.807, 2.05) is 12.1 Å². The first kappa shape index (κ1) is 18.0. The highest BCUT2D eigenvalue weighted by molar-refractivity contribution is 5.41. The van der Waals surface area contributed by atoms with Gasteiger partial charge in [-0.05, 0) is 80.8 Å². The Morgan fingerprint density at radius 3 is 2.76 bits per heavy atom. The van der Waals surface area contributed by atoms with Gasteiger partial charge < -0.3 is 5.11 Å². The molecule has 0 saturated heterocycles. The number of nitrogens with zero attached hydrogens (tertiary/aromatic N) is 1. The molecule has 1 unspecified atom stereocenters. The Balaban J connectivity index is 1.71. The third-order valence-electron chi connectivity index (χ3n) is 5.64. The van der Waals surface area contributed by atoms with Crippen LogP contribution in [0.25, 0.3) is 0 Å². The Bertz CT molecular complexity index is 722. The first-order chi connectivity index (χ1) is 12.1. The number of phenols is 1. The van der Waals surface area contributed by atoms with Gasteiger partial charge in [0.1, 0.15) is 5.75 Å². The van der Waals surface area contributed by atoms with E-state index in [4.69, 9.17) is 0 Å². The van der Waals surface area contributed by atoms with Gasteiger partial charge in [-0.1, -0.05) is 42.8 Å². The van der Waals surface area contributed by atoms with Crippen molar-refractivity contribution in [3.63, 3.8) is 0 Å². The van der Waals surface area contributed by atoms with E-state index in [9.17, 15) is 5.11 Å². The molecule has 0 aromatic heterocycles. The quantitative estimate of drug-likeness (QED) is 0.817. The molecule has 0 aliphatic heterocycles. The molecule has 0 saturated carbocycles. The zero-order chi connectivity index (χ0) is 17.8. The molecular formula is C23H31NO. The van der Waals surface area contributed by atoms with E-state index in [0.29, 0.717) is 11.8 Å². The Hall–Kier alpha value is -1.80. The number of rotatable bonds is 6. The normalized spacial score (nSPS) is 16.9. The first-order valence-corrected chi connectivity index (χ1v) is 9.68. The number of phenolic OH excluding ortho intramolecular Hbond substituents is 1. The molecule has 2 aromatic carbocycles. The highest BCUT2D eigenvalue weighted by atomic mass is 16.3. The Morgan fingerprint density at radius 2 is 1.96 bits per heavy atom. The molecule has 0 radical (unpaired) electrons. The lowest BCUT2D eigenvalue weighted by Crippen LogP contribution is -2.41. The van der Waals surface area contributed by atoms with Crippen molar-refractivity contribution in [3.8, 4) is 5.75 Å². The zero-order valence-electron chi connectivity index (χ0n) is 15.9. The summed E-state index contributed by atoms with van der Waals surface area (Å²) in [5.41, 5.74) is 6.72. The standard InChI is InChI=1S/C23H31NO/c1-4-13-24(14-12-20-15-17(2)8-9-18(20)3)21-11-10-19-6-5-7-23(25)22(19)16-21/h5-9,15,21,25H,4,10-14,16H2,1-3H3. The topological polar surface area (TPSA) is 23.5 Å². The lowest BCUT2D eigenvalue weighted by molar-refractivity contribution is 0.180. The van der Waals surface area contributed by atoms with Gasteiger partial charge in [0, 0.05) is 12.6 Å². The smallest absolute Gasteiger partial charge is 0.119 e. The van der Waals surface area contributed by atoms with Crippen molar-refractivity contribution in [1.82, 2.24) is 4.90 Å². The molecule has 0 heterocycles. The van der Waals surface area contributed by atoms with Crippen LogP contribution in [-0.2, 0) is 19.3 Å². The van der Waals surface area contributed by atoms with Crippen LogP contribution in [-0.4, -0.2) is 29.1 Å². The summed E-state index contributed by atoms with van der Waals surface area (Å²) in [6.07, 6.45) is 5.55. The second-order valence-electron chi connectivity index (χ2n) is 7.53. The van der Waals surface area contributed by atoms with Crippen LogP contribution in [0.2, 0.25) is 0 Å². The van der Waals surface area contributed by atoms with Crippen LogP contribution in [0.1, 0.15) is 47.6 Å². The molecule has 134 valence electrons. The number of aryl methyl sites for hydroxylation is 3. The summed E-state index contributed by atoms with van der Waals surface area (Å²) in [4.78, 5) is 2.65. The number of benzene rings is 2. The van der Waals surface area contributed by atoms with Gasteiger partial charge in [0.15, 0.2) is 0 Å². The lowest BCUT2D eigenvalue weighted by Gasteiger charge is -2.35. The van der Waals surface area contributed by atoms with Crippen LogP contribution in [0.15, 0.2) is 36.4 Å². The number of aromatic hydroxyl groups is 1. The average molecular weight is 338 g/mol. The van der Waals surface area contributed by atoms with E-state index >= 15 is 0 Å². The van der Waals surface area contributed by atoms with Crippen molar-refractivity contribution < 1.29 is 5.11 Å². The van der Waals surface area contributed by atoms with E-state index in [2.05, 4.69) is 49.9 Å². The van der Waals surface area contributed by atoms with Gasteiger partial charge in [-0.2, -0.15) is 0 Å². The van der Waals surface area contributed by atoms with Gasteiger partial charge >= 0.3 is 0 Å². The molecule has 0 fully saturated rings. The SMILES string of the molecule is CCCN(CCc1cc(C)ccc1C)C1CCc2cccc(O)c2C1. The third-order valence-corrected chi connectivity index (χ3v) is 5.64. The zero-order valence-corrected chi connectivity index (χ0v) is 15.9. The molecule has 0 bridgehead atoms. The molecule has 0 amide bonds. The predicted molar refractivity (Wildman–Crippen MR) is 105 cm³/mol. The van der Waals surface area contributed by atoms with E-state index in [-0.39, 0.29) is 0 Å². The Kier molecular flexibility index (Phi) is 5.80. The van der Waals surface area contributed by atoms with Crippen LogP contribution >= 0.6 is 0 Å². The monoisotopic (exact) mass is 337 g/mol. The van der Waals surface area contributed by atoms with Crippen LogP contribution in [0.4, 0.5) is 0 Å². The van der Waals surface area contributed by atoms with Crippen molar-refractivity contribution in [2.24, 2.45) is 0 Å². The Labute approximate surface area is 152 Å². The summed E-state index contributed by atoms with van der Waals surface area (Å²) in [6.45, 7) is 8.89. The number of fused-ring (bicyclic) bond motifs is 1. The van der Waals surface area contributed by atoms with E-state index < -0.39 is 0 Å². The lowest BCUT2D eigenvalue weighted by atomic mass is 9.86. The van der Waals surface area contributed by atoms with E-state index in [1.54, 1.807) is 0 Å². The molecule has 2 nitrogen and oxygen atoms in total. The second-order valence-corrected chi connectivity index (χ2v) is 7.53. The molecule has 1 aliphatic rings. The van der Waals surface area contributed by atoms with Crippen molar-refractivity contribution in [2.75, 3.05) is 13.1 Å². The summed E-state index contributed by atoms with van der Waals surface area (Å²) >= 11 is 0. The molecule has 25 heavy (non-hydrogen) atoms. The fourth-order valence-electron chi connectivity index (χ4n) is 4.16. The van der Waals surface area contributed by atoms with E-state index in [1.165, 1.54) is 40.7 Å². The largest absolute Gasteiger partial charge is 0.508 e. The van der Waals surface area contributed by atoms with Gasteiger partial charge in [0.2, 0.25) is 0 Å². The fraction of sp³-hybridized carbons (Fsp3) is 0.478. The van der Waals surface area contributed by atoms with E-state index in [0.717, 1.165) is 32.4 Å². The maximum absolute atomic E-state index is 10.2. The van der Waals surface area contributed by atoms with Gasteiger partial charge in [-0.3, -0.25) is 4.90 Å². The summed E-state index contributed by atoms with van der Waals surface area (Å²) in [5, 5.41) is 10.2. The van der Waals surface area contributed by atoms with Crippen LogP contribution in [0, 0.1) is 13.8 Å². The number of hydrogen-bond donors (Lipinski definition) is 1. The molecule has 1 aliphatic carbocycles. The molecule has 2 aromatic rings. The predicted octanol–water partition coefficient (Wildman–Crippen LogP) is 4.82. The Morgan fingerprint density at radius 1 is 1.12 bits per heavy atom. The average Bonchev–Trinajstić information content (AvgIpc) is 2.61. The van der Waals surface area contributed by atoms with Gasteiger partial charge in [-0.25, -0.2) is 0 Å². The van der Waals surface area contributed by atoms with Crippen LogP contribution in [0.5, 0.6) is 5.75 Å². The minimum Gasteiger partial charge on any atom is -0.508 e. The van der Waals surface area contributed by atoms with Crippen molar-refractivity contribution in [2.45, 2.75) is 58.9 Å². The van der Waals surface area contributed by atoms with Crippen LogP contribution in [0.3, 0.4) is 0 Å². The highest BCUT2D eigenvalue weighted by Gasteiger charge is 2.25. The molecular weight excluding hydrogens is 306 g/mol. The summed E-state index contributed by atoms with van der Waals surface area (Å²) < 4.78 is 0. The van der Waals surface area contributed by atoms with Gasteiger partial charge in [-0.15, -0.1) is 0 Å². The number of hydrogen-bond acceptors (Lipinski definition) is 2.